The number of amides is 2. The Kier molecular flexibility index (Phi) is 6.59. The van der Waals surface area contributed by atoms with E-state index in [9.17, 15) is 9.59 Å². The molecular formula is C28H30N4O4. The number of carbonyl (C=O) groups is 2. The van der Waals surface area contributed by atoms with Crippen molar-refractivity contribution in [3.05, 3.63) is 70.8 Å². The second kappa shape index (κ2) is 9.97. The molecule has 2 amide bonds. The van der Waals surface area contributed by atoms with E-state index in [4.69, 9.17) is 8.94 Å². The predicted molar refractivity (Wildman–Crippen MR) is 136 cm³/mol. The summed E-state index contributed by atoms with van der Waals surface area (Å²) in [6.45, 7) is 7.58. The van der Waals surface area contributed by atoms with Crippen molar-refractivity contribution in [3.8, 4) is 11.3 Å². The maximum atomic E-state index is 13.6. The first-order valence-corrected chi connectivity index (χ1v) is 12.4. The first-order valence-electron chi connectivity index (χ1n) is 12.4. The number of carbonyl (C=O) groups excluding carboxylic acids is 2. The molecule has 1 fully saturated rings. The van der Waals surface area contributed by atoms with Gasteiger partial charge in [0, 0.05) is 38.2 Å². The van der Waals surface area contributed by atoms with Crippen molar-refractivity contribution in [1.82, 2.24) is 19.9 Å². The zero-order valence-corrected chi connectivity index (χ0v) is 20.9. The highest BCUT2D eigenvalue weighted by atomic mass is 16.5. The summed E-state index contributed by atoms with van der Waals surface area (Å²) in [5, 5.41) is 4.67. The molecule has 8 heteroatoms. The maximum Gasteiger partial charge on any atom is 0.259 e. The van der Waals surface area contributed by atoms with E-state index >= 15 is 0 Å². The van der Waals surface area contributed by atoms with Crippen LogP contribution in [0.2, 0.25) is 0 Å². The second-order valence-corrected chi connectivity index (χ2v) is 9.34. The molecular weight excluding hydrogens is 456 g/mol. The van der Waals surface area contributed by atoms with E-state index in [0.717, 1.165) is 29.9 Å². The number of pyridine rings is 1. The van der Waals surface area contributed by atoms with Crippen LogP contribution in [0.15, 0.2) is 51.4 Å². The molecule has 4 aromatic rings. The average Bonchev–Trinajstić information content (AvgIpc) is 3.44. The van der Waals surface area contributed by atoms with Crippen molar-refractivity contribution in [1.29, 1.82) is 0 Å². The van der Waals surface area contributed by atoms with E-state index < -0.39 is 0 Å². The number of rotatable bonds is 6. The molecule has 3 aromatic heterocycles. The number of piperazine rings is 1. The standard InChI is InChI=1S/C28H30N4O4/c1-18-16-22(20(3)35-18)24-17-23(26-19(2)30-36-27(26)29-24)28(34)32-14-12-31(13-15-32)25(33)11-7-10-21-8-5-4-6-9-21/h4-6,8-9,16-17H,7,10-15H2,1-3H3. The van der Waals surface area contributed by atoms with Gasteiger partial charge >= 0.3 is 0 Å². The van der Waals surface area contributed by atoms with Crippen molar-refractivity contribution in [2.75, 3.05) is 26.2 Å². The molecule has 1 aliphatic rings. The third kappa shape index (κ3) is 4.76. The van der Waals surface area contributed by atoms with E-state index in [1.165, 1.54) is 5.56 Å². The van der Waals surface area contributed by atoms with Gasteiger partial charge in [0.05, 0.1) is 22.3 Å². The number of furan rings is 1. The summed E-state index contributed by atoms with van der Waals surface area (Å²) in [7, 11) is 0. The Morgan fingerprint density at radius 3 is 2.39 bits per heavy atom. The number of fused-ring (bicyclic) bond motifs is 1. The van der Waals surface area contributed by atoms with Gasteiger partial charge in [-0.3, -0.25) is 9.59 Å². The lowest BCUT2D eigenvalue weighted by Gasteiger charge is -2.35. The van der Waals surface area contributed by atoms with Gasteiger partial charge in [-0.25, -0.2) is 4.98 Å². The highest BCUT2D eigenvalue weighted by Gasteiger charge is 2.28. The minimum Gasteiger partial charge on any atom is -0.466 e. The smallest absolute Gasteiger partial charge is 0.259 e. The summed E-state index contributed by atoms with van der Waals surface area (Å²) < 4.78 is 11.1. The first kappa shape index (κ1) is 23.8. The molecule has 8 nitrogen and oxygen atoms in total. The van der Waals surface area contributed by atoms with Crippen LogP contribution in [-0.2, 0) is 11.2 Å². The van der Waals surface area contributed by atoms with Crippen LogP contribution in [0.5, 0.6) is 0 Å². The highest BCUT2D eigenvalue weighted by Crippen LogP contribution is 2.31. The summed E-state index contributed by atoms with van der Waals surface area (Å²) in [5.41, 5.74) is 4.15. The van der Waals surface area contributed by atoms with Gasteiger partial charge in [-0.2, -0.15) is 0 Å². The Balaban J connectivity index is 1.27. The average molecular weight is 487 g/mol. The lowest BCUT2D eigenvalue weighted by atomic mass is 10.0. The van der Waals surface area contributed by atoms with Crippen molar-refractivity contribution in [2.24, 2.45) is 0 Å². The van der Waals surface area contributed by atoms with Gasteiger partial charge in [-0.1, -0.05) is 35.5 Å². The van der Waals surface area contributed by atoms with Crippen LogP contribution in [0, 0.1) is 20.8 Å². The monoisotopic (exact) mass is 486 g/mol. The molecule has 5 rings (SSSR count). The van der Waals surface area contributed by atoms with Gasteiger partial charge in [0.2, 0.25) is 5.91 Å². The number of hydrogen-bond donors (Lipinski definition) is 0. The van der Waals surface area contributed by atoms with E-state index in [1.54, 1.807) is 11.0 Å². The summed E-state index contributed by atoms with van der Waals surface area (Å²) in [6, 6.07) is 13.9. The Morgan fingerprint density at radius 1 is 0.972 bits per heavy atom. The van der Waals surface area contributed by atoms with Crippen LogP contribution in [0.4, 0.5) is 0 Å². The molecule has 0 saturated carbocycles. The molecule has 186 valence electrons. The summed E-state index contributed by atoms with van der Waals surface area (Å²) in [5.74, 6) is 1.54. The normalized spacial score (nSPS) is 14.0. The molecule has 0 bridgehead atoms. The third-order valence-corrected chi connectivity index (χ3v) is 6.78. The largest absolute Gasteiger partial charge is 0.466 e. The number of nitrogens with zero attached hydrogens (tertiary/aromatic N) is 4. The Labute approximate surface area is 209 Å². The van der Waals surface area contributed by atoms with Crippen LogP contribution in [0.3, 0.4) is 0 Å². The van der Waals surface area contributed by atoms with Gasteiger partial charge in [-0.05, 0) is 51.3 Å². The Morgan fingerprint density at radius 2 is 1.69 bits per heavy atom. The Hall–Kier alpha value is -3.94. The summed E-state index contributed by atoms with van der Waals surface area (Å²) in [4.78, 5) is 34.6. The van der Waals surface area contributed by atoms with Crippen molar-refractivity contribution < 1.29 is 18.5 Å². The lowest BCUT2D eigenvalue weighted by molar-refractivity contribution is -0.132. The minimum atomic E-state index is -0.107. The van der Waals surface area contributed by atoms with Gasteiger partial charge in [0.15, 0.2) is 0 Å². The molecule has 0 radical (unpaired) electrons. The highest BCUT2D eigenvalue weighted by molar-refractivity contribution is 6.07. The maximum absolute atomic E-state index is 13.6. The topological polar surface area (TPSA) is 92.7 Å². The minimum absolute atomic E-state index is 0.107. The van der Waals surface area contributed by atoms with Crippen LogP contribution in [0.25, 0.3) is 22.4 Å². The molecule has 0 aliphatic carbocycles. The molecule has 1 saturated heterocycles. The predicted octanol–water partition coefficient (Wildman–Crippen LogP) is 4.72. The fourth-order valence-corrected chi connectivity index (χ4v) is 4.86. The van der Waals surface area contributed by atoms with E-state index in [2.05, 4.69) is 22.3 Å². The fourth-order valence-electron chi connectivity index (χ4n) is 4.86. The van der Waals surface area contributed by atoms with Gasteiger partial charge in [-0.15, -0.1) is 0 Å². The van der Waals surface area contributed by atoms with Crippen molar-refractivity contribution in [3.63, 3.8) is 0 Å². The van der Waals surface area contributed by atoms with Crippen molar-refractivity contribution >= 4 is 22.9 Å². The zero-order valence-electron chi connectivity index (χ0n) is 20.9. The second-order valence-electron chi connectivity index (χ2n) is 9.34. The molecule has 1 aromatic carbocycles. The third-order valence-electron chi connectivity index (χ3n) is 6.78. The summed E-state index contributed by atoms with van der Waals surface area (Å²) in [6.07, 6.45) is 2.22. The van der Waals surface area contributed by atoms with Crippen LogP contribution in [-0.4, -0.2) is 57.9 Å². The molecule has 0 atom stereocenters. The van der Waals surface area contributed by atoms with E-state index in [-0.39, 0.29) is 11.8 Å². The van der Waals surface area contributed by atoms with Crippen LogP contribution >= 0.6 is 0 Å². The zero-order chi connectivity index (χ0) is 25.2. The summed E-state index contributed by atoms with van der Waals surface area (Å²) >= 11 is 0. The quantitative estimate of drug-likeness (QED) is 0.392. The van der Waals surface area contributed by atoms with E-state index in [0.29, 0.717) is 60.7 Å². The number of aryl methyl sites for hydroxylation is 4. The first-order chi connectivity index (χ1) is 17.4. The fraction of sp³-hybridized carbons (Fsp3) is 0.357. The molecule has 4 heterocycles. The number of benzene rings is 1. The van der Waals surface area contributed by atoms with Crippen molar-refractivity contribution in [2.45, 2.75) is 40.0 Å². The number of aromatic nitrogens is 2. The van der Waals surface area contributed by atoms with E-state index in [1.807, 2.05) is 49.9 Å². The van der Waals surface area contributed by atoms with Gasteiger partial charge in [0.25, 0.3) is 11.6 Å². The van der Waals surface area contributed by atoms with Crippen LogP contribution < -0.4 is 0 Å². The number of hydrogen-bond acceptors (Lipinski definition) is 6. The van der Waals surface area contributed by atoms with Gasteiger partial charge in [0.1, 0.15) is 11.5 Å². The Bertz CT molecular complexity index is 1400. The lowest BCUT2D eigenvalue weighted by Crippen LogP contribution is -2.50. The SMILES string of the molecule is Cc1cc(-c2cc(C(=O)N3CCN(C(=O)CCCc4ccccc4)CC3)c3c(C)noc3n2)c(C)o1. The molecule has 1 aliphatic heterocycles. The molecule has 0 unspecified atom stereocenters. The van der Waals surface area contributed by atoms with Crippen LogP contribution in [0.1, 0.15) is 46.0 Å². The van der Waals surface area contributed by atoms with Gasteiger partial charge < -0.3 is 18.7 Å². The molecule has 36 heavy (non-hydrogen) atoms. The molecule has 0 N–H and O–H groups in total. The molecule has 0 spiro atoms.